The molecule has 0 saturated carbocycles. The molecule has 2 saturated heterocycles. The van der Waals surface area contributed by atoms with Gasteiger partial charge in [-0.3, -0.25) is 4.79 Å². The summed E-state index contributed by atoms with van der Waals surface area (Å²) in [5.41, 5.74) is 1.17. The van der Waals surface area contributed by atoms with Gasteiger partial charge in [0.05, 0.1) is 11.0 Å². The summed E-state index contributed by atoms with van der Waals surface area (Å²) in [6, 6.07) is 9.82. The molecule has 0 aliphatic carbocycles. The Morgan fingerprint density at radius 1 is 1.21 bits per heavy atom. The maximum absolute atomic E-state index is 12.4. The molecule has 156 valence electrons. The second kappa shape index (κ2) is 9.38. The lowest BCUT2D eigenvalue weighted by molar-refractivity contribution is -0.134. The molecule has 8 nitrogen and oxygen atoms in total. The molecule has 0 bridgehead atoms. The third-order valence-electron chi connectivity index (χ3n) is 5.15. The summed E-state index contributed by atoms with van der Waals surface area (Å²) in [6.45, 7) is 2.47. The van der Waals surface area contributed by atoms with E-state index in [1.165, 1.54) is 5.56 Å². The number of amides is 2. The third kappa shape index (κ3) is 5.68. The third-order valence-corrected chi connectivity index (χ3v) is 7.38. The Morgan fingerprint density at radius 2 is 1.82 bits per heavy atom. The molecule has 2 aliphatic rings. The average Bonchev–Trinajstić information content (AvgIpc) is 3.15. The lowest BCUT2D eigenvalue weighted by atomic mass is 10.00. The largest absolute Gasteiger partial charge is 0.481 e. The Balaban J connectivity index is 0.000000640. The molecule has 2 aliphatic heterocycles. The number of carbonyl (C=O) groups excluding carboxylic acids is 1. The van der Waals surface area contributed by atoms with Gasteiger partial charge in [0.2, 0.25) is 0 Å². The highest BCUT2D eigenvalue weighted by molar-refractivity contribution is 7.92. The smallest absolute Gasteiger partial charge is 0.317 e. The molecule has 1 aromatic rings. The van der Waals surface area contributed by atoms with Crippen LogP contribution in [0, 0.1) is 5.92 Å². The molecular formula is C19H29N3O5S. The standard InChI is InChI=1S/C17H25N3O3S.C2H4O2/c1-19(2)15-12-24(22,23)16-11-20(10-14(15)16)17(21)18-9-8-13-6-4-3-5-7-13;1-2(3)4/h3-7,14-16H,8-12H2,1-2H3,(H,18,21);1H3,(H,3,4)/t14-,15+,16-;/m0./s1. The Kier molecular flexibility index (Phi) is 7.42. The van der Waals surface area contributed by atoms with Crippen molar-refractivity contribution in [2.45, 2.75) is 24.6 Å². The first-order chi connectivity index (χ1) is 13.1. The van der Waals surface area contributed by atoms with Crippen LogP contribution in [0.2, 0.25) is 0 Å². The van der Waals surface area contributed by atoms with E-state index in [1.807, 2.05) is 49.3 Å². The van der Waals surface area contributed by atoms with E-state index in [0.717, 1.165) is 13.3 Å². The normalized spacial score (nSPS) is 25.0. The van der Waals surface area contributed by atoms with Gasteiger partial charge in [-0.25, -0.2) is 13.2 Å². The molecule has 0 aromatic heterocycles. The molecule has 3 atom stereocenters. The number of likely N-dealkylation sites (tertiary alicyclic amines) is 1. The number of rotatable bonds is 4. The van der Waals surface area contributed by atoms with Crippen LogP contribution in [-0.4, -0.2) is 86.1 Å². The highest BCUT2D eigenvalue weighted by Gasteiger charge is 2.53. The quantitative estimate of drug-likeness (QED) is 0.755. The van der Waals surface area contributed by atoms with Crippen LogP contribution < -0.4 is 5.32 Å². The number of carbonyl (C=O) groups is 2. The molecule has 9 heteroatoms. The SMILES string of the molecule is CC(=O)O.CN(C)[C@@H]1CS(=O)(=O)[C@H]2CN(C(=O)NCCc3ccccc3)C[C@@H]12. The van der Waals surface area contributed by atoms with Gasteiger partial charge in [0, 0.05) is 38.5 Å². The topological polar surface area (TPSA) is 107 Å². The summed E-state index contributed by atoms with van der Waals surface area (Å²) in [7, 11) is 0.705. The minimum Gasteiger partial charge on any atom is -0.481 e. The predicted molar refractivity (Wildman–Crippen MR) is 107 cm³/mol. The van der Waals surface area contributed by atoms with Crippen molar-refractivity contribution < 1.29 is 23.1 Å². The summed E-state index contributed by atoms with van der Waals surface area (Å²) >= 11 is 0. The molecule has 2 N–H and O–H groups in total. The fourth-order valence-electron chi connectivity index (χ4n) is 3.80. The maximum Gasteiger partial charge on any atom is 0.317 e. The predicted octanol–water partition coefficient (Wildman–Crippen LogP) is 0.689. The van der Waals surface area contributed by atoms with Crippen LogP contribution in [-0.2, 0) is 21.1 Å². The van der Waals surface area contributed by atoms with E-state index in [2.05, 4.69) is 5.32 Å². The highest BCUT2D eigenvalue weighted by Crippen LogP contribution is 2.35. The molecule has 3 rings (SSSR count). The molecule has 0 unspecified atom stereocenters. The lowest BCUT2D eigenvalue weighted by Gasteiger charge is -2.25. The van der Waals surface area contributed by atoms with Crippen molar-refractivity contribution in [1.82, 2.24) is 15.1 Å². The van der Waals surface area contributed by atoms with Gasteiger partial charge in [-0.15, -0.1) is 0 Å². The van der Waals surface area contributed by atoms with Gasteiger partial charge in [0.25, 0.3) is 5.97 Å². The second-order valence-electron chi connectivity index (χ2n) is 7.45. The number of nitrogens with one attached hydrogen (secondary N) is 1. The Bertz CT molecular complexity index is 778. The van der Waals surface area contributed by atoms with E-state index in [-0.39, 0.29) is 23.7 Å². The van der Waals surface area contributed by atoms with Gasteiger partial charge in [-0.1, -0.05) is 30.3 Å². The van der Waals surface area contributed by atoms with Crippen molar-refractivity contribution in [2.24, 2.45) is 5.92 Å². The first kappa shape index (κ1) is 22.2. The van der Waals surface area contributed by atoms with Crippen molar-refractivity contribution in [1.29, 1.82) is 0 Å². The zero-order chi connectivity index (χ0) is 20.9. The molecule has 2 heterocycles. The zero-order valence-electron chi connectivity index (χ0n) is 16.5. The van der Waals surface area contributed by atoms with Crippen molar-refractivity contribution in [3.63, 3.8) is 0 Å². The number of aliphatic carboxylic acids is 1. The van der Waals surface area contributed by atoms with E-state index in [1.54, 1.807) is 4.90 Å². The van der Waals surface area contributed by atoms with Gasteiger partial charge in [0.1, 0.15) is 0 Å². The number of carboxylic acid groups (broad SMARTS) is 1. The molecule has 0 spiro atoms. The van der Waals surface area contributed by atoms with E-state index in [9.17, 15) is 13.2 Å². The number of carboxylic acids is 1. The van der Waals surface area contributed by atoms with Crippen LogP contribution in [0.5, 0.6) is 0 Å². The number of fused-ring (bicyclic) bond motifs is 1. The van der Waals surface area contributed by atoms with Crippen LogP contribution in [0.15, 0.2) is 30.3 Å². The Morgan fingerprint density at radius 3 is 2.39 bits per heavy atom. The van der Waals surface area contributed by atoms with Crippen molar-refractivity contribution in [2.75, 3.05) is 39.5 Å². The van der Waals surface area contributed by atoms with E-state index >= 15 is 0 Å². The van der Waals surface area contributed by atoms with Gasteiger partial charge in [-0.05, 0) is 26.1 Å². The van der Waals surface area contributed by atoms with Crippen LogP contribution in [0.3, 0.4) is 0 Å². The summed E-state index contributed by atoms with van der Waals surface area (Å²) in [5, 5.41) is 9.92. The summed E-state index contributed by atoms with van der Waals surface area (Å²) in [5.74, 6) is -0.608. The van der Waals surface area contributed by atoms with Crippen LogP contribution in [0.1, 0.15) is 12.5 Å². The second-order valence-corrected chi connectivity index (χ2v) is 9.72. The average molecular weight is 412 g/mol. The Labute approximate surface area is 166 Å². The minimum atomic E-state index is -3.11. The number of urea groups is 1. The first-order valence-corrected chi connectivity index (χ1v) is 11.0. The number of hydrogen-bond acceptors (Lipinski definition) is 5. The Hall–Kier alpha value is -2.13. The number of nitrogens with zero attached hydrogens (tertiary/aromatic N) is 2. The molecule has 2 amide bonds. The molecule has 2 fully saturated rings. The summed E-state index contributed by atoms with van der Waals surface area (Å²) in [4.78, 5) is 25.0. The minimum absolute atomic E-state index is 0.00196. The van der Waals surface area contributed by atoms with E-state index < -0.39 is 21.1 Å². The van der Waals surface area contributed by atoms with E-state index in [0.29, 0.717) is 19.6 Å². The highest BCUT2D eigenvalue weighted by atomic mass is 32.2. The van der Waals surface area contributed by atoms with Crippen molar-refractivity contribution in [3.05, 3.63) is 35.9 Å². The van der Waals surface area contributed by atoms with Crippen LogP contribution >= 0.6 is 0 Å². The number of hydrogen-bond donors (Lipinski definition) is 2. The van der Waals surface area contributed by atoms with Gasteiger partial charge >= 0.3 is 6.03 Å². The van der Waals surface area contributed by atoms with E-state index in [4.69, 9.17) is 9.90 Å². The van der Waals surface area contributed by atoms with Crippen molar-refractivity contribution >= 4 is 21.8 Å². The molecule has 1 aromatic carbocycles. The molecule has 28 heavy (non-hydrogen) atoms. The number of benzene rings is 1. The maximum atomic E-state index is 12.4. The first-order valence-electron chi connectivity index (χ1n) is 9.26. The molecular weight excluding hydrogens is 382 g/mol. The summed E-state index contributed by atoms with van der Waals surface area (Å²) in [6.07, 6.45) is 0.770. The fraction of sp³-hybridized carbons (Fsp3) is 0.579. The fourth-order valence-corrected chi connectivity index (χ4v) is 6.28. The summed E-state index contributed by atoms with van der Waals surface area (Å²) < 4.78 is 24.7. The van der Waals surface area contributed by atoms with Gasteiger partial charge in [0.15, 0.2) is 9.84 Å². The number of sulfone groups is 1. The van der Waals surface area contributed by atoms with Crippen LogP contribution in [0.4, 0.5) is 4.79 Å². The zero-order valence-corrected chi connectivity index (χ0v) is 17.4. The van der Waals surface area contributed by atoms with Crippen LogP contribution in [0.25, 0.3) is 0 Å². The van der Waals surface area contributed by atoms with Gasteiger partial charge in [-0.2, -0.15) is 0 Å². The van der Waals surface area contributed by atoms with Crippen molar-refractivity contribution in [3.8, 4) is 0 Å². The molecule has 0 radical (unpaired) electrons. The monoisotopic (exact) mass is 411 g/mol. The lowest BCUT2D eigenvalue weighted by Crippen LogP contribution is -2.42. The van der Waals surface area contributed by atoms with Gasteiger partial charge < -0.3 is 20.2 Å².